The lowest BCUT2D eigenvalue weighted by molar-refractivity contribution is 0.136. The fourth-order valence-corrected chi connectivity index (χ4v) is 1.55. The van der Waals surface area contributed by atoms with Crippen LogP contribution >= 0.6 is 10.7 Å². The van der Waals surface area contributed by atoms with Crippen molar-refractivity contribution >= 4 is 19.7 Å². The lowest BCUT2D eigenvalue weighted by atomic mass is 10.6. The Morgan fingerprint density at radius 3 is 2.86 bits per heavy atom. The fourth-order valence-electron chi connectivity index (χ4n) is 0.895. The van der Waals surface area contributed by atoms with Crippen LogP contribution in [0.25, 0.3) is 0 Å². The molecule has 0 unspecified atom stereocenters. The Kier molecular flexibility index (Phi) is 3.91. The van der Waals surface area contributed by atoms with Gasteiger partial charge in [-0.15, -0.1) is 0 Å². The van der Waals surface area contributed by atoms with Crippen LogP contribution in [0.1, 0.15) is 6.92 Å². The molecule has 0 aliphatic rings. The Balaban J connectivity index is 2.60. The van der Waals surface area contributed by atoms with E-state index in [0.717, 1.165) is 0 Å². The van der Waals surface area contributed by atoms with E-state index in [1.807, 2.05) is 6.92 Å². The van der Waals surface area contributed by atoms with Crippen LogP contribution in [-0.2, 0) is 20.3 Å². The monoisotopic (exact) mass is 238 g/mol. The second-order valence-corrected chi connectivity index (χ2v) is 5.14. The molecule has 0 aliphatic carbocycles. The molecule has 0 N–H and O–H groups in total. The van der Waals surface area contributed by atoms with Gasteiger partial charge in [-0.1, -0.05) is 0 Å². The van der Waals surface area contributed by atoms with Crippen molar-refractivity contribution in [1.29, 1.82) is 0 Å². The normalized spacial score (nSPS) is 11.9. The van der Waals surface area contributed by atoms with Crippen molar-refractivity contribution in [2.45, 2.75) is 18.4 Å². The lowest BCUT2D eigenvalue weighted by Crippen LogP contribution is -2.05. The predicted molar refractivity (Wildman–Crippen MR) is 51.8 cm³/mol. The van der Waals surface area contributed by atoms with Gasteiger partial charge in [0.05, 0.1) is 19.3 Å². The van der Waals surface area contributed by atoms with Gasteiger partial charge in [-0.25, -0.2) is 8.42 Å². The molecule has 1 aromatic rings. The first-order valence-electron chi connectivity index (χ1n) is 4.09. The Hall–Kier alpha value is -0.590. The zero-order valence-electron chi connectivity index (χ0n) is 7.68. The molecule has 0 bridgehead atoms. The van der Waals surface area contributed by atoms with Crippen molar-refractivity contribution in [2.75, 3.05) is 13.2 Å². The summed E-state index contributed by atoms with van der Waals surface area (Å²) in [5, 5.41) is 3.83. The highest BCUT2D eigenvalue weighted by Crippen LogP contribution is 2.12. The number of ether oxygens (including phenoxy) is 1. The van der Waals surface area contributed by atoms with Gasteiger partial charge in [-0.05, 0) is 6.92 Å². The van der Waals surface area contributed by atoms with Gasteiger partial charge in [0.2, 0.25) is 0 Å². The summed E-state index contributed by atoms with van der Waals surface area (Å²) in [6.07, 6.45) is 2.59. The molecule has 7 heteroatoms. The minimum atomic E-state index is -3.66. The third-order valence-corrected chi connectivity index (χ3v) is 2.87. The SMILES string of the molecule is CCOCCn1cc(S(=O)(=O)Cl)cn1. The van der Waals surface area contributed by atoms with E-state index in [1.54, 1.807) is 0 Å². The van der Waals surface area contributed by atoms with E-state index in [-0.39, 0.29) is 4.90 Å². The number of halogens is 1. The minimum Gasteiger partial charge on any atom is -0.380 e. The van der Waals surface area contributed by atoms with Crippen LogP contribution in [0.4, 0.5) is 0 Å². The molecule has 0 aliphatic heterocycles. The minimum absolute atomic E-state index is 0.00988. The standard InChI is InChI=1S/C7H11ClN2O3S/c1-2-13-4-3-10-6-7(5-9-10)14(8,11)12/h5-6H,2-4H2,1H3. The number of rotatable bonds is 5. The quantitative estimate of drug-likeness (QED) is 0.564. The number of hydrogen-bond acceptors (Lipinski definition) is 4. The first-order chi connectivity index (χ1) is 6.54. The molecule has 0 radical (unpaired) electrons. The van der Waals surface area contributed by atoms with E-state index < -0.39 is 9.05 Å². The summed E-state index contributed by atoms with van der Waals surface area (Å²) < 4.78 is 28.3. The predicted octanol–water partition coefficient (Wildman–Crippen LogP) is 0.847. The molecule has 0 atom stereocenters. The third-order valence-electron chi connectivity index (χ3n) is 1.56. The lowest BCUT2D eigenvalue weighted by Gasteiger charge is -2.00. The topological polar surface area (TPSA) is 61.2 Å². The van der Waals surface area contributed by atoms with E-state index in [4.69, 9.17) is 15.4 Å². The first kappa shape index (κ1) is 11.5. The zero-order valence-corrected chi connectivity index (χ0v) is 9.25. The van der Waals surface area contributed by atoms with Crippen molar-refractivity contribution in [3.63, 3.8) is 0 Å². The first-order valence-corrected chi connectivity index (χ1v) is 6.40. The Bertz CT molecular complexity index is 387. The van der Waals surface area contributed by atoms with Crippen LogP contribution in [0.15, 0.2) is 17.3 Å². The fraction of sp³-hybridized carbons (Fsp3) is 0.571. The van der Waals surface area contributed by atoms with Crippen LogP contribution < -0.4 is 0 Å². The second kappa shape index (κ2) is 4.77. The summed E-state index contributed by atoms with van der Waals surface area (Å²) in [5.74, 6) is 0. The average Bonchev–Trinajstić information content (AvgIpc) is 2.52. The maximum absolute atomic E-state index is 10.9. The summed E-state index contributed by atoms with van der Waals surface area (Å²) in [6.45, 7) is 3.53. The van der Waals surface area contributed by atoms with Crippen molar-refractivity contribution < 1.29 is 13.2 Å². The molecular formula is C7H11ClN2O3S. The van der Waals surface area contributed by atoms with Crippen LogP contribution in [0.3, 0.4) is 0 Å². The Morgan fingerprint density at radius 1 is 1.64 bits per heavy atom. The van der Waals surface area contributed by atoms with E-state index >= 15 is 0 Å². The maximum atomic E-state index is 10.9. The molecule has 80 valence electrons. The van der Waals surface area contributed by atoms with Crippen molar-refractivity contribution in [2.24, 2.45) is 0 Å². The smallest absolute Gasteiger partial charge is 0.264 e. The molecule has 0 aromatic carbocycles. The number of nitrogens with zero attached hydrogens (tertiary/aromatic N) is 2. The van der Waals surface area contributed by atoms with Crippen LogP contribution in [0, 0.1) is 0 Å². The third kappa shape index (κ3) is 3.28. The van der Waals surface area contributed by atoms with Crippen molar-refractivity contribution in [3.8, 4) is 0 Å². The molecule has 1 aromatic heterocycles. The summed E-state index contributed by atoms with van der Waals surface area (Å²) in [6, 6.07) is 0. The summed E-state index contributed by atoms with van der Waals surface area (Å²) >= 11 is 0. The van der Waals surface area contributed by atoms with E-state index in [0.29, 0.717) is 19.8 Å². The van der Waals surface area contributed by atoms with Crippen molar-refractivity contribution in [1.82, 2.24) is 9.78 Å². The molecule has 0 saturated carbocycles. The van der Waals surface area contributed by atoms with Gasteiger partial charge < -0.3 is 4.74 Å². The molecule has 0 saturated heterocycles. The summed E-state index contributed by atoms with van der Waals surface area (Å²) in [5.41, 5.74) is 0. The van der Waals surface area contributed by atoms with Crippen molar-refractivity contribution in [3.05, 3.63) is 12.4 Å². The van der Waals surface area contributed by atoms with Gasteiger partial charge in [0.25, 0.3) is 9.05 Å². The van der Waals surface area contributed by atoms with Gasteiger partial charge >= 0.3 is 0 Å². The second-order valence-electron chi connectivity index (χ2n) is 2.57. The van der Waals surface area contributed by atoms with Gasteiger partial charge in [0, 0.05) is 23.5 Å². The summed E-state index contributed by atoms with van der Waals surface area (Å²) in [4.78, 5) is 0.00988. The molecule has 1 heterocycles. The maximum Gasteiger partial charge on any atom is 0.264 e. The van der Waals surface area contributed by atoms with Gasteiger partial charge in [-0.3, -0.25) is 4.68 Å². The molecule has 14 heavy (non-hydrogen) atoms. The van der Waals surface area contributed by atoms with E-state index in [9.17, 15) is 8.42 Å². The van der Waals surface area contributed by atoms with Crippen LogP contribution in [0.5, 0.6) is 0 Å². The number of aromatic nitrogens is 2. The van der Waals surface area contributed by atoms with E-state index in [2.05, 4.69) is 5.10 Å². The van der Waals surface area contributed by atoms with Gasteiger partial charge in [0.1, 0.15) is 4.90 Å². The zero-order chi connectivity index (χ0) is 10.6. The Labute approximate surface area is 87.0 Å². The largest absolute Gasteiger partial charge is 0.380 e. The highest BCUT2D eigenvalue weighted by Gasteiger charge is 2.12. The average molecular weight is 239 g/mol. The van der Waals surface area contributed by atoms with Gasteiger partial charge in [-0.2, -0.15) is 5.10 Å². The van der Waals surface area contributed by atoms with Gasteiger partial charge in [0.15, 0.2) is 0 Å². The molecule has 0 fully saturated rings. The number of hydrogen-bond donors (Lipinski definition) is 0. The molecular weight excluding hydrogens is 228 g/mol. The highest BCUT2D eigenvalue weighted by atomic mass is 35.7. The summed E-state index contributed by atoms with van der Waals surface area (Å²) in [7, 11) is 1.46. The van der Waals surface area contributed by atoms with E-state index in [1.165, 1.54) is 17.1 Å². The highest BCUT2D eigenvalue weighted by molar-refractivity contribution is 8.13. The van der Waals surface area contributed by atoms with Crippen LogP contribution in [-0.4, -0.2) is 31.4 Å². The Morgan fingerprint density at radius 2 is 2.36 bits per heavy atom. The molecule has 0 spiro atoms. The molecule has 1 rings (SSSR count). The molecule has 5 nitrogen and oxygen atoms in total. The molecule has 0 amide bonds. The van der Waals surface area contributed by atoms with Crippen LogP contribution in [0.2, 0.25) is 0 Å².